The van der Waals surface area contributed by atoms with Crippen molar-refractivity contribution in [2.75, 3.05) is 13.1 Å². The lowest BCUT2D eigenvalue weighted by molar-refractivity contribution is -0.386. The van der Waals surface area contributed by atoms with E-state index in [1.807, 2.05) is 0 Å². The van der Waals surface area contributed by atoms with Gasteiger partial charge in [0, 0.05) is 0 Å². The van der Waals surface area contributed by atoms with Crippen molar-refractivity contribution in [2.45, 2.75) is 25.4 Å². The predicted molar refractivity (Wildman–Crippen MR) is 73.8 cm³/mol. The van der Waals surface area contributed by atoms with Crippen LogP contribution in [0.4, 0.5) is 5.69 Å². The van der Waals surface area contributed by atoms with Crippen molar-refractivity contribution in [3.8, 4) is 0 Å². The van der Waals surface area contributed by atoms with Crippen molar-refractivity contribution < 1.29 is 14.5 Å². The third kappa shape index (κ3) is 3.85. The molecule has 9 heteroatoms. The van der Waals surface area contributed by atoms with Crippen molar-refractivity contribution in [2.24, 2.45) is 5.92 Å². The number of rotatable bonds is 6. The van der Waals surface area contributed by atoms with E-state index in [1.165, 1.54) is 0 Å². The number of ether oxygens (including phenoxy) is 1. The molecule has 2 rings (SSSR count). The molecule has 0 radical (unpaired) electrons. The lowest BCUT2D eigenvalue weighted by Gasteiger charge is -2.25. The monoisotopic (exact) mass is 314 g/mol. The Bertz CT molecular complexity index is 522. The minimum absolute atomic E-state index is 0.0469. The fourth-order valence-corrected chi connectivity index (χ4v) is 2.70. The first-order valence-electron chi connectivity index (χ1n) is 6.58. The minimum atomic E-state index is -0.786. The Kier molecular flexibility index (Phi) is 5.40. The summed E-state index contributed by atoms with van der Waals surface area (Å²) in [5.74, 6) is 0.310. The Morgan fingerprint density at radius 2 is 2.24 bits per heavy atom. The van der Waals surface area contributed by atoms with Gasteiger partial charge in [0.2, 0.25) is 5.15 Å². The maximum Gasteiger partial charge on any atom is 0.331 e. The molecule has 0 aliphatic carbocycles. The highest BCUT2D eigenvalue weighted by molar-refractivity contribution is 6.31. The first kappa shape index (κ1) is 15.6. The van der Waals surface area contributed by atoms with Crippen molar-refractivity contribution >= 4 is 23.8 Å². The average Bonchev–Trinajstić information content (AvgIpc) is 2.47. The van der Waals surface area contributed by atoms with Gasteiger partial charge >= 0.3 is 5.69 Å². The van der Waals surface area contributed by atoms with Crippen LogP contribution in [0, 0.1) is 16.0 Å². The number of nitro groups is 1. The van der Waals surface area contributed by atoms with Gasteiger partial charge in [-0.3, -0.25) is 14.9 Å². The number of aromatic nitrogens is 2. The van der Waals surface area contributed by atoms with Gasteiger partial charge in [-0.15, -0.1) is 0 Å². The molecular weight excluding hydrogens is 300 g/mol. The Hall–Kier alpha value is -1.80. The maximum atomic E-state index is 11.1. The number of hydrogen-bond acceptors (Lipinski definition) is 7. The zero-order valence-electron chi connectivity index (χ0n) is 11.2. The minimum Gasteiger partial charge on any atom is -0.458 e. The molecular formula is C12H15ClN4O4. The number of carbonyl (C=O) groups excluding carboxylic acids is 1. The van der Waals surface area contributed by atoms with E-state index in [4.69, 9.17) is 16.3 Å². The van der Waals surface area contributed by atoms with Crippen LogP contribution in [0.15, 0.2) is 6.33 Å². The smallest absolute Gasteiger partial charge is 0.331 e. The number of halogens is 1. The second kappa shape index (κ2) is 7.28. The average molecular weight is 315 g/mol. The summed E-state index contributed by atoms with van der Waals surface area (Å²) in [6.45, 7) is 2.04. The van der Waals surface area contributed by atoms with Crippen LogP contribution in [-0.4, -0.2) is 34.5 Å². The Labute approximate surface area is 126 Å². The molecule has 0 aromatic carbocycles. The van der Waals surface area contributed by atoms with E-state index in [0.29, 0.717) is 12.3 Å². The number of nitrogens with zero attached hydrogens (tertiary/aromatic N) is 3. The first-order chi connectivity index (χ1) is 10.1. The molecule has 1 aromatic heterocycles. The SMILES string of the molecule is O=COC(CC1CCNCC1)c1ncnc(Cl)c1[N+](=O)[O-]. The third-order valence-electron chi connectivity index (χ3n) is 3.52. The lowest BCUT2D eigenvalue weighted by atomic mass is 9.91. The highest BCUT2D eigenvalue weighted by Crippen LogP contribution is 2.35. The predicted octanol–water partition coefficient (Wildman–Crippen LogP) is 1.64. The van der Waals surface area contributed by atoms with Crippen LogP contribution in [0.3, 0.4) is 0 Å². The van der Waals surface area contributed by atoms with E-state index < -0.39 is 16.7 Å². The van der Waals surface area contributed by atoms with Crippen LogP contribution in [0.2, 0.25) is 5.15 Å². The molecule has 0 saturated carbocycles. The fraction of sp³-hybridized carbons (Fsp3) is 0.583. The van der Waals surface area contributed by atoms with E-state index in [1.54, 1.807) is 0 Å². The van der Waals surface area contributed by atoms with Gasteiger partial charge in [0.05, 0.1) is 4.92 Å². The zero-order valence-corrected chi connectivity index (χ0v) is 12.0. The molecule has 0 spiro atoms. The molecule has 1 unspecified atom stereocenters. The number of carbonyl (C=O) groups is 1. The van der Waals surface area contributed by atoms with Crippen molar-refractivity contribution in [1.82, 2.24) is 15.3 Å². The normalized spacial score (nSPS) is 17.2. The number of nitrogens with one attached hydrogen (secondary N) is 1. The van der Waals surface area contributed by atoms with Crippen LogP contribution in [0.25, 0.3) is 0 Å². The fourth-order valence-electron chi connectivity index (χ4n) is 2.49. The van der Waals surface area contributed by atoms with E-state index in [-0.39, 0.29) is 17.3 Å². The zero-order chi connectivity index (χ0) is 15.2. The highest BCUT2D eigenvalue weighted by atomic mass is 35.5. The van der Waals surface area contributed by atoms with E-state index in [2.05, 4.69) is 15.3 Å². The van der Waals surface area contributed by atoms with Crippen LogP contribution >= 0.6 is 11.6 Å². The molecule has 0 bridgehead atoms. The van der Waals surface area contributed by atoms with Gasteiger partial charge in [-0.1, -0.05) is 11.6 Å². The standard InChI is InChI=1S/C12H15ClN4O4/c13-12-11(17(19)20)10(15-6-16-12)9(21-7-18)5-8-1-3-14-4-2-8/h6-9,14H,1-5H2. The van der Waals surface area contributed by atoms with Crippen LogP contribution in [0.5, 0.6) is 0 Å². The second-order valence-corrected chi connectivity index (χ2v) is 5.16. The molecule has 8 nitrogen and oxygen atoms in total. The molecule has 1 aromatic rings. The van der Waals surface area contributed by atoms with Gasteiger partial charge in [-0.25, -0.2) is 9.97 Å². The second-order valence-electron chi connectivity index (χ2n) is 4.81. The molecule has 0 amide bonds. The van der Waals surface area contributed by atoms with Gasteiger partial charge in [0.25, 0.3) is 6.47 Å². The Morgan fingerprint density at radius 3 is 2.86 bits per heavy atom. The molecule has 1 aliphatic rings. The molecule has 1 aliphatic heterocycles. The van der Waals surface area contributed by atoms with Crippen molar-refractivity contribution in [1.29, 1.82) is 0 Å². The summed E-state index contributed by atoms with van der Waals surface area (Å²) in [5, 5.41) is 14.1. The molecule has 1 atom stereocenters. The van der Waals surface area contributed by atoms with Gasteiger partial charge < -0.3 is 10.1 Å². The summed E-state index contributed by atoms with van der Waals surface area (Å²) in [7, 11) is 0. The molecule has 21 heavy (non-hydrogen) atoms. The van der Waals surface area contributed by atoms with Gasteiger partial charge in [0.1, 0.15) is 6.33 Å². The largest absolute Gasteiger partial charge is 0.458 e. The first-order valence-corrected chi connectivity index (χ1v) is 6.96. The maximum absolute atomic E-state index is 11.1. The van der Waals surface area contributed by atoms with Crippen molar-refractivity contribution in [3.05, 3.63) is 27.3 Å². The summed E-state index contributed by atoms with van der Waals surface area (Å²) in [4.78, 5) is 28.7. The van der Waals surface area contributed by atoms with Gasteiger partial charge in [-0.05, 0) is 38.3 Å². The summed E-state index contributed by atoms with van der Waals surface area (Å²) in [6.07, 6.45) is 2.67. The van der Waals surface area contributed by atoms with E-state index in [9.17, 15) is 14.9 Å². The Morgan fingerprint density at radius 1 is 1.52 bits per heavy atom. The number of piperidine rings is 1. The van der Waals surface area contributed by atoms with Crippen molar-refractivity contribution in [3.63, 3.8) is 0 Å². The molecule has 1 fully saturated rings. The Balaban J connectivity index is 2.26. The van der Waals surface area contributed by atoms with Gasteiger partial charge in [-0.2, -0.15) is 0 Å². The van der Waals surface area contributed by atoms with Gasteiger partial charge in [0.15, 0.2) is 11.8 Å². The van der Waals surface area contributed by atoms with Crippen LogP contribution < -0.4 is 5.32 Å². The summed E-state index contributed by atoms with van der Waals surface area (Å²) >= 11 is 5.76. The summed E-state index contributed by atoms with van der Waals surface area (Å²) in [6, 6.07) is 0. The van der Waals surface area contributed by atoms with Crippen LogP contribution in [-0.2, 0) is 9.53 Å². The third-order valence-corrected chi connectivity index (χ3v) is 3.80. The molecule has 114 valence electrons. The molecule has 2 heterocycles. The summed E-state index contributed by atoms with van der Waals surface area (Å²) in [5.41, 5.74) is -0.356. The van der Waals surface area contributed by atoms with Crippen LogP contribution in [0.1, 0.15) is 31.1 Å². The molecule has 1 saturated heterocycles. The lowest BCUT2D eigenvalue weighted by Crippen LogP contribution is -2.29. The summed E-state index contributed by atoms with van der Waals surface area (Å²) < 4.78 is 5.02. The topological polar surface area (TPSA) is 107 Å². The quantitative estimate of drug-likeness (QED) is 0.368. The highest BCUT2D eigenvalue weighted by Gasteiger charge is 2.31. The molecule has 1 N–H and O–H groups in total. The number of hydrogen-bond donors (Lipinski definition) is 1. The van der Waals surface area contributed by atoms with E-state index in [0.717, 1.165) is 32.3 Å². The van der Waals surface area contributed by atoms with E-state index >= 15 is 0 Å².